The van der Waals surface area contributed by atoms with Gasteiger partial charge in [-0.25, -0.2) is 0 Å². The molecule has 172 valence electrons. The maximum absolute atomic E-state index is 13.5. The minimum atomic E-state index is -3.49. The van der Waals surface area contributed by atoms with Gasteiger partial charge in [0.15, 0.2) is 0 Å². The zero-order chi connectivity index (χ0) is 23.5. The molecule has 6 nitrogen and oxygen atoms in total. The zero-order valence-electron chi connectivity index (χ0n) is 19.1. The quantitative estimate of drug-likeness (QED) is 0.369. The van der Waals surface area contributed by atoms with Crippen LogP contribution in [0.2, 0.25) is 0 Å². The summed E-state index contributed by atoms with van der Waals surface area (Å²) < 4.78 is 24.1. The number of thioether (sulfide) groups is 1. The molecular formula is C24H30NO5PS. The number of carbonyl (C=O) groups excluding carboxylic acids is 1. The number of amides is 1. The van der Waals surface area contributed by atoms with Gasteiger partial charge in [-0.3, -0.25) is 14.3 Å². The van der Waals surface area contributed by atoms with Crippen molar-refractivity contribution >= 4 is 37.0 Å². The Morgan fingerprint density at radius 1 is 1.09 bits per heavy atom. The summed E-state index contributed by atoms with van der Waals surface area (Å²) in [7, 11) is -3.49. The van der Waals surface area contributed by atoms with Gasteiger partial charge in [0.1, 0.15) is 12.0 Å². The predicted molar refractivity (Wildman–Crippen MR) is 130 cm³/mol. The van der Waals surface area contributed by atoms with E-state index < -0.39 is 7.60 Å². The Kier molecular flexibility index (Phi) is 7.56. The van der Waals surface area contributed by atoms with Crippen LogP contribution in [0.5, 0.6) is 5.75 Å². The molecule has 2 aromatic carbocycles. The number of para-hydroxylation sites is 1. The van der Waals surface area contributed by atoms with Gasteiger partial charge < -0.3 is 14.2 Å². The molecule has 0 saturated carbocycles. The van der Waals surface area contributed by atoms with Gasteiger partial charge in [-0.2, -0.15) is 0 Å². The molecule has 1 heterocycles. The Balaban J connectivity index is 2.03. The van der Waals surface area contributed by atoms with Crippen LogP contribution in [-0.4, -0.2) is 30.5 Å². The fourth-order valence-corrected chi connectivity index (χ4v) is 6.19. The van der Waals surface area contributed by atoms with Crippen molar-refractivity contribution < 1.29 is 23.5 Å². The standard InChI is InChI=1S/C24H30NO5PS/c1-6-29-31(28,30-7-2)16-25-19-10-8-9-11-21(19)32-22(23(25)27)15-17-12-13-20(26)18(14-17)24(3,4)5/h8-15,26H,6-7,16H2,1-5H3. The van der Waals surface area contributed by atoms with Gasteiger partial charge in [0.25, 0.3) is 5.91 Å². The molecule has 1 N–H and O–H groups in total. The molecule has 3 rings (SSSR count). The van der Waals surface area contributed by atoms with Gasteiger partial charge in [0.2, 0.25) is 0 Å². The molecule has 0 aliphatic carbocycles. The third-order valence-corrected chi connectivity index (χ3v) is 7.93. The summed E-state index contributed by atoms with van der Waals surface area (Å²) >= 11 is 1.37. The van der Waals surface area contributed by atoms with Crippen molar-refractivity contribution in [3.05, 3.63) is 58.5 Å². The van der Waals surface area contributed by atoms with Gasteiger partial charge in [-0.15, -0.1) is 0 Å². The molecule has 0 atom stereocenters. The third-order valence-electron chi connectivity index (χ3n) is 4.92. The van der Waals surface area contributed by atoms with Crippen LogP contribution in [0.1, 0.15) is 45.7 Å². The molecule has 2 aromatic rings. The minimum absolute atomic E-state index is 0.161. The van der Waals surface area contributed by atoms with Gasteiger partial charge >= 0.3 is 7.60 Å². The Morgan fingerprint density at radius 2 is 1.75 bits per heavy atom. The normalized spacial score (nSPS) is 15.8. The molecule has 0 aromatic heterocycles. The minimum Gasteiger partial charge on any atom is -0.508 e. The van der Waals surface area contributed by atoms with E-state index in [-0.39, 0.29) is 36.6 Å². The number of carbonyl (C=O) groups is 1. The van der Waals surface area contributed by atoms with E-state index in [1.165, 1.54) is 16.7 Å². The molecule has 0 spiro atoms. The first-order valence-corrected chi connectivity index (χ1v) is 13.1. The second kappa shape index (κ2) is 9.84. The van der Waals surface area contributed by atoms with E-state index >= 15 is 0 Å². The molecule has 1 amide bonds. The largest absolute Gasteiger partial charge is 0.508 e. The summed E-state index contributed by atoms with van der Waals surface area (Å²) in [5.74, 6) is -0.0395. The number of aromatic hydroxyl groups is 1. The monoisotopic (exact) mass is 475 g/mol. The Hall–Kier alpha value is -2.05. The maximum Gasteiger partial charge on any atom is 0.350 e. The van der Waals surface area contributed by atoms with Crippen molar-refractivity contribution in [1.82, 2.24) is 0 Å². The number of hydrogen-bond donors (Lipinski definition) is 1. The molecular weight excluding hydrogens is 445 g/mol. The van der Waals surface area contributed by atoms with Crippen LogP contribution in [0, 0.1) is 0 Å². The smallest absolute Gasteiger partial charge is 0.350 e. The molecule has 0 saturated heterocycles. The van der Waals surface area contributed by atoms with Crippen molar-refractivity contribution in [1.29, 1.82) is 0 Å². The van der Waals surface area contributed by atoms with E-state index in [9.17, 15) is 14.5 Å². The zero-order valence-corrected chi connectivity index (χ0v) is 20.8. The van der Waals surface area contributed by atoms with Crippen molar-refractivity contribution in [3.63, 3.8) is 0 Å². The van der Waals surface area contributed by atoms with Crippen LogP contribution in [0.3, 0.4) is 0 Å². The van der Waals surface area contributed by atoms with Crippen LogP contribution in [0.15, 0.2) is 52.3 Å². The Bertz CT molecular complexity index is 1070. The summed E-state index contributed by atoms with van der Waals surface area (Å²) in [5, 5.41) is 10.3. The molecule has 1 aliphatic heterocycles. The Morgan fingerprint density at radius 3 is 2.38 bits per heavy atom. The number of nitrogens with zero attached hydrogens (tertiary/aromatic N) is 1. The van der Waals surface area contributed by atoms with Crippen molar-refractivity contribution in [2.45, 2.75) is 44.9 Å². The number of rotatable bonds is 7. The number of phenolic OH excluding ortho intramolecular Hbond substituents is 1. The summed E-state index contributed by atoms with van der Waals surface area (Å²) in [6, 6.07) is 12.8. The topological polar surface area (TPSA) is 76.1 Å². The van der Waals surface area contributed by atoms with Crippen molar-refractivity contribution in [3.8, 4) is 5.75 Å². The lowest BCUT2D eigenvalue weighted by atomic mass is 9.85. The number of hydrogen-bond acceptors (Lipinski definition) is 6. The number of benzene rings is 2. The summed E-state index contributed by atoms with van der Waals surface area (Å²) in [6.07, 6.45) is 1.64. The van der Waals surface area contributed by atoms with E-state index in [1.54, 1.807) is 32.1 Å². The van der Waals surface area contributed by atoms with Crippen LogP contribution < -0.4 is 4.90 Å². The molecule has 0 unspecified atom stereocenters. The highest BCUT2D eigenvalue weighted by Crippen LogP contribution is 2.52. The van der Waals surface area contributed by atoms with Gasteiger partial charge in [-0.05, 0) is 60.7 Å². The molecule has 8 heteroatoms. The first kappa shape index (κ1) is 24.6. The first-order valence-electron chi connectivity index (χ1n) is 10.6. The number of fused-ring (bicyclic) bond motifs is 1. The lowest BCUT2D eigenvalue weighted by Gasteiger charge is -2.32. The fourth-order valence-electron chi connectivity index (χ4n) is 3.48. The van der Waals surface area contributed by atoms with Crippen molar-refractivity contribution in [2.24, 2.45) is 0 Å². The van der Waals surface area contributed by atoms with E-state index in [0.29, 0.717) is 10.6 Å². The second-order valence-corrected chi connectivity index (χ2v) is 11.5. The number of phenols is 1. The summed E-state index contributed by atoms with van der Waals surface area (Å²) in [4.78, 5) is 16.3. The molecule has 0 fully saturated rings. The molecule has 1 aliphatic rings. The molecule has 0 bridgehead atoms. The van der Waals surface area contributed by atoms with Crippen LogP contribution in [-0.2, 0) is 23.8 Å². The lowest BCUT2D eigenvalue weighted by molar-refractivity contribution is -0.114. The number of anilines is 1. The summed E-state index contributed by atoms with van der Waals surface area (Å²) in [6.45, 7) is 10.0. The van der Waals surface area contributed by atoms with E-state index in [2.05, 4.69) is 0 Å². The van der Waals surface area contributed by atoms with Crippen molar-refractivity contribution in [2.75, 3.05) is 24.4 Å². The van der Waals surface area contributed by atoms with Crippen LogP contribution in [0.25, 0.3) is 6.08 Å². The average molecular weight is 476 g/mol. The molecule has 32 heavy (non-hydrogen) atoms. The highest BCUT2D eigenvalue weighted by atomic mass is 32.2. The van der Waals surface area contributed by atoms with E-state index in [0.717, 1.165) is 16.0 Å². The fraction of sp³-hybridized carbons (Fsp3) is 0.375. The van der Waals surface area contributed by atoms with Crippen LogP contribution in [0.4, 0.5) is 5.69 Å². The van der Waals surface area contributed by atoms with Gasteiger partial charge in [0, 0.05) is 4.90 Å². The third kappa shape index (κ3) is 5.46. The summed E-state index contributed by atoms with van der Waals surface area (Å²) in [5.41, 5.74) is 2.04. The molecule has 0 radical (unpaired) electrons. The first-order chi connectivity index (χ1) is 15.1. The maximum atomic E-state index is 13.5. The van der Waals surface area contributed by atoms with E-state index in [4.69, 9.17) is 9.05 Å². The highest BCUT2D eigenvalue weighted by molar-refractivity contribution is 8.04. The lowest BCUT2D eigenvalue weighted by Crippen LogP contribution is -2.35. The van der Waals surface area contributed by atoms with Gasteiger partial charge in [0.05, 0.1) is 23.8 Å². The van der Waals surface area contributed by atoms with Gasteiger partial charge in [-0.1, -0.05) is 50.7 Å². The second-order valence-electron chi connectivity index (χ2n) is 8.43. The Labute approximate surface area is 194 Å². The SMILES string of the molecule is CCOP(=O)(CN1C(=O)C(=Cc2ccc(O)c(C(C)(C)C)c2)Sc2ccccc21)OCC. The van der Waals surface area contributed by atoms with E-state index in [1.807, 2.05) is 51.1 Å². The average Bonchev–Trinajstić information content (AvgIpc) is 2.72. The predicted octanol–water partition coefficient (Wildman–Crippen LogP) is 6.39. The highest BCUT2D eigenvalue weighted by Gasteiger charge is 2.36. The van der Waals surface area contributed by atoms with Crippen LogP contribution >= 0.6 is 19.4 Å².